The number of hydrogen-bond donors (Lipinski definition) is 1. The van der Waals surface area contributed by atoms with Crippen molar-refractivity contribution in [3.8, 4) is 0 Å². The van der Waals surface area contributed by atoms with E-state index in [2.05, 4.69) is 34.5 Å². The predicted molar refractivity (Wildman–Crippen MR) is 86.9 cm³/mol. The van der Waals surface area contributed by atoms with Gasteiger partial charge in [-0.05, 0) is 49.8 Å². The van der Waals surface area contributed by atoms with Gasteiger partial charge in [0.15, 0.2) is 0 Å². The highest BCUT2D eigenvalue weighted by molar-refractivity contribution is 6.03. The average molecular weight is 300 g/mol. The molecule has 4 nitrogen and oxygen atoms in total. The van der Waals surface area contributed by atoms with Gasteiger partial charge in [-0.1, -0.05) is 19.1 Å². The fourth-order valence-corrected chi connectivity index (χ4v) is 3.71. The number of amides is 2. The van der Waals surface area contributed by atoms with Gasteiger partial charge in [0.25, 0.3) is 0 Å². The first-order chi connectivity index (χ1) is 10.7. The number of nitrogens with zero attached hydrogens (tertiary/aromatic N) is 1. The summed E-state index contributed by atoms with van der Waals surface area (Å²) in [5, 5.41) is 2.51. The first-order valence-electron chi connectivity index (χ1n) is 8.35. The van der Waals surface area contributed by atoms with Crippen molar-refractivity contribution in [2.45, 2.75) is 50.9 Å². The molecule has 1 atom stereocenters. The summed E-state index contributed by atoms with van der Waals surface area (Å²) < 4.78 is 0. The number of rotatable bonds is 3. The van der Waals surface area contributed by atoms with Crippen LogP contribution >= 0.6 is 0 Å². The highest BCUT2D eigenvalue weighted by atomic mass is 16.2. The van der Waals surface area contributed by atoms with E-state index in [0.29, 0.717) is 12.8 Å². The Hall–Kier alpha value is -1.84. The third-order valence-corrected chi connectivity index (χ3v) is 5.21. The van der Waals surface area contributed by atoms with Crippen LogP contribution in [0.5, 0.6) is 0 Å². The first-order valence-corrected chi connectivity index (χ1v) is 8.35. The van der Waals surface area contributed by atoms with Crippen LogP contribution < -0.4 is 10.2 Å². The van der Waals surface area contributed by atoms with Crippen LogP contribution in [-0.4, -0.2) is 24.9 Å². The third kappa shape index (κ3) is 2.62. The van der Waals surface area contributed by atoms with Crippen LogP contribution in [-0.2, 0) is 15.0 Å². The van der Waals surface area contributed by atoms with Crippen molar-refractivity contribution in [3.05, 3.63) is 29.8 Å². The van der Waals surface area contributed by atoms with Gasteiger partial charge in [0.05, 0.1) is 5.41 Å². The van der Waals surface area contributed by atoms with Gasteiger partial charge in [0.1, 0.15) is 0 Å². The molecule has 0 bridgehead atoms. The molecule has 2 aliphatic heterocycles. The molecule has 1 aromatic carbocycles. The van der Waals surface area contributed by atoms with E-state index in [-0.39, 0.29) is 11.8 Å². The Bertz CT molecular complexity index is 561. The second-order valence-electron chi connectivity index (χ2n) is 6.41. The quantitative estimate of drug-likeness (QED) is 0.873. The second-order valence-corrected chi connectivity index (χ2v) is 6.41. The monoisotopic (exact) mass is 300 g/mol. The minimum atomic E-state index is -0.547. The van der Waals surface area contributed by atoms with Crippen LogP contribution in [0.4, 0.5) is 5.69 Å². The van der Waals surface area contributed by atoms with E-state index in [1.54, 1.807) is 0 Å². The summed E-state index contributed by atoms with van der Waals surface area (Å²) in [6, 6.07) is 8.40. The van der Waals surface area contributed by atoms with Gasteiger partial charge in [0.2, 0.25) is 11.8 Å². The molecule has 4 heteroatoms. The summed E-state index contributed by atoms with van der Waals surface area (Å²) in [6.07, 6.45) is 5.58. The Labute approximate surface area is 131 Å². The summed E-state index contributed by atoms with van der Waals surface area (Å²) in [6.45, 7) is 4.26. The molecular formula is C18H24N2O2. The van der Waals surface area contributed by atoms with Crippen LogP contribution in [0, 0.1) is 0 Å². The maximum absolute atomic E-state index is 12.4. The largest absolute Gasteiger partial charge is 0.372 e. The van der Waals surface area contributed by atoms with Crippen LogP contribution in [0.2, 0.25) is 0 Å². The lowest BCUT2D eigenvalue weighted by atomic mass is 9.72. The van der Waals surface area contributed by atoms with E-state index in [0.717, 1.165) is 25.1 Å². The van der Waals surface area contributed by atoms with Crippen LogP contribution in [0.25, 0.3) is 0 Å². The van der Waals surface area contributed by atoms with E-state index < -0.39 is 5.41 Å². The zero-order valence-corrected chi connectivity index (χ0v) is 13.2. The Balaban J connectivity index is 1.84. The lowest BCUT2D eigenvalue weighted by Gasteiger charge is -2.35. The molecule has 2 fully saturated rings. The third-order valence-electron chi connectivity index (χ3n) is 5.21. The van der Waals surface area contributed by atoms with Gasteiger partial charge in [-0.15, -0.1) is 0 Å². The van der Waals surface area contributed by atoms with E-state index in [9.17, 15) is 9.59 Å². The topological polar surface area (TPSA) is 49.4 Å². The molecule has 0 saturated carbocycles. The smallest absolute Gasteiger partial charge is 0.237 e. The number of nitrogens with one attached hydrogen (secondary N) is 1. The maximum Gasteiger partial charge on any atom is 0.237 e. The number of anilines is 1. The van der Waals surface area contributed by atoms with E-state index in [1.807, 2.05) is 6.92 Å². The summed E-state index contributed by atoms with van der Waals surface area (Å²) in [4.78, 5) is 26.2. The summed E-state index contributed by atoms with van der Waals surface area (Å²) in [5.74, 6) is -0.295. The van der Waals surface area contributed by atoms with Crippen molar-refractivity contribution < 1.29 is 9.59 Å². The normalized spacial score (nSPS) is 26.0. The molecule has 0 spiro atoms. The lowest BCUT2D eigenvalue weighted by Crippen LogP contribution is -2.51. The summed E-state index contributed by atoms with van der Waals surface area (Å²) in [7, 11) is 0. The van der Waals surface area contributed by atoms with Crippen molar-refractivity contribution in [3.63, 3.8) is 0 Å². The fraction of sp³-hybridized carbons (Fsp3) is 0.556. The van der Waals surface area contributed by atoms with Crippen LogP contribution in [0.15, 0.2) is 24.3 Å². The average Bonchev–Trinajstić information content (AvgIpc) is 2.57. The highest BCUT2D eigenvalue weighted by Crippen LogP contribution is 2.36. The predicted octanol–water partition coefficient (Wildman–Crippen LogP) is 2.76. The molecule has 0 aliphatic carbocycles. The molecule has 22 heavy (non-hydrogen) atoms. The Morgan fingerprint density at radius 1 is 1.09 bits per heavy atom. The van der Waals surface area contributed by atoms with Gasteiger partial charge in [-0.25, -0.2) is 0 Å². The van der Waals surface area contributed by atoms with E-state index in [1.165, 1.54) is 24.9 Å². The molecule has 1 unspecified atom stereocenters. The molecule has 2 aliphatic rings. The van der Waals surface area contributed by atoms with Gasteiger partial charge in [-0.3, -0.25) is 14.9 Å². The SMILES string of the molecule is CCC1(c2ccc(N3CCCCC3)cc2)CCC(=O)NC1=O. The fourth-order valence-electron chi connectivity index (χ4n) is 3.71. The van der Waals surface area contributed by atoms with Crippen LogP contribution in [0.3, 0.4) is 0 Å². The molecule has 1 N–H and O–H groups in total. The van der Waals surface area contributed by atoms with Crippen molar-refractivity contribution in [1.82, 2.24) is 5.32 Å². The minimum absolute atomic E-state index is 0.142. The lowest BCUT2D eigenvalue weighted by molar-refractivity contribution is -0.138. The minimum Gasteiger partial charge on any atom is -0.372 e. The number of carbonyl (C=O) groups excluding carboxylic acids is 2. The Morgan fingerprint density at radius 3 is 2.36 bits per heavy atom. The van der Waals surface area contributed by atoms with E-state index in [4.69, 9.17) is 0 Å². The molecule has 0 radical (unpaired) electrons. The highest BCUT2D eigenvalue weighted by Gasteiger charge is 2.42. The summed E-state index contributed by atoms with van der Waals surface area (Å²) in [5.41, 5.74) is 1.72. The second kappa shape index (κ2) is 6.11. The Kier molecular flexibility index (Phi) is 4.19. The van der Waals surface area contributed by atoms with Gasteiger partial charge < -0.3 is 4.90 Å². The van der Waals surface area contributed by atoms with Crippen molar-refractivity contribution in [2.75, 3.05) is 18.0 Å². The van der Waals surface area contributed by atoms with Gasteiger partial charge >= 0.3 is 0 Å². The van der Waals surface area contributed by atoms with Gasteiger partial charge in [0, 0.05) is 25.2 Å². The molecule has 2 heterocycles. The number of carbonyl (C=O) groups is 2. The number of benzene rings is 1. The van der Waals surface area contributed by atoms with Crippen molar-refractivity contribution in [2.24, 2.45) is 0 Å². The van der Waals surface area contributed by atoms with E-state index >= 15 is 0 Å². The molecule has 2 saturated heterocycles. The van der Waals surface area contributed by atoms with Gasteiger partial charge in [-0.2, -0.15) is 0 Å². The number of imide groups is 1. The zero-order chi connectivity index (χ0) is 15.6. The maximum atomic E-state index is 12.4. The first kappa shape index (κ1) is 15.1. The van der Waals surface area contributed by atoms with Crippen LogP contribution in [0.1, 0.15) is 51.0 Å². The summed E-state index contributed by atoms with van der Waals surface area (Å²) >= 11 is 0. The standard InChI is InChI=1S/C18H24N2O2/c1-2-18(11-10-16(21)19-17(18)22)14-6-8-15(9-7-14)20-12-4-3-5-13-20/h6-9H,2-5,10-13H2,1H3,(H,19,21,22). The number of piperidine rings is 2. The Morgan fingerprint density at radius 2 is 1.77 bits per heavy atom. The zero-order valence-electron chi connectivity index (χ0n) is 13.2. The molecule has 3 rings (SSSR count). The molecule has 2 amide bonds. The van der Waals surface area contributed by atoms with Crippen molar-refractivity contribution >= 4 is 17.5 Å². The molecule has 0 aromatic heterocycles. The number of hydrogen-bond acceptors (Lipinski definition) is 3. The molecule has 1 aromatic rings. The molecular weight excluding hydrogens is 276 g/mol. The molecule has 118 valence electrons. The van der Waals surface area contributed by atoms with Crippen molar-refractivity contribution in [1.29, 1.82) is 0 Å².